The van der Waals surface area contributed by atoms with E-state index in [4.69, 9.17) is 10.4 Å². The van der Waals surface area contributed by atoms with Crippen LogP contribution in [-0.2, 0) is 13.2 Å². The van der Waals surface area contributed by atoms with E-state index in [9.17, 15) is 0 Å². The molecule has 0 fully saturated rings. The van der Waals surface area contributed by atoms with Crippen molar-refractivity contribution in [2.45, 2.75) is 32.5 Å². The molecule has 0 saturated carbocycles. The van der Waals surface area contributed by atoms with Crippen LogP contribution in [-0.4, -0.2) is 23.1 Å². The van der Waals surface area contributed by atoms with Crippen LogP contribution in [0.1, 0.15) is 24.5 Å². The van der Waals surface area contributed by atoms with Crippen LogP contribution in [0.5, 0.6) is 0 Å². The number of hydrogen-bond acceptors (Lipinski definition) is 3. The van der Waals surface area contributed by atoms with Crippen molar-refractivity contribution in [3.05, 3.63) is 35.4 Å². The Hall–Kier alpha value is -1.37. The second-order valence-electron chi connectivity index (χ2n) is 4.10. The maximum absolute atomic E-state index is 8.92. The molecule has 1 aromatic rings. The third-order valence-electron chi connectivity index (χ3n) is 2.78. The Bertz CT molecular complexity index is 353. The van der Waals surface area contributed by atoms with E-state index < -0.39 is 0 Å². The van der Waals surface area contributed by atoms with E-state index in [0.717, 1.165) is 12.1 Å². The molecule has 0 bridgehead atoms. The normalized spacial score (nSPS) is 12.4. The lowest BCUT2D eigenvalue weighted by Gasteiger charge is -2.22. The first kappa shape index (κ1) is 12.7. The van der Waals surface area contributed by atoms with Gasteiger partial charge in [-0.2, -0.15) is 5.26 Å². The van der Waals surface area contributed by atoms with Gasteiger partial charge in [-0.05, 0) is 25.1 Å². The first-order valence-corrected chi connectivity index (χ1v) is 5.43. The second kappa shape index (κ2) is 6.26. The van der Waals surface area contributed by atoms with E-state index in [0.29, 0.717) is 6.42 Å². The molecule has 1 rings (SSSR count). The molecule has 86 valence electrons. The lowest BCUT2D eigenvalue weighted by molar-refractivity contribution is 0.252. The van der Waals surface area contributed by atoms with Crippen molar-refractivity contribution in [2.24, 2.45) is 0 Å². The second-order valence-corrected chi connectivity index (χ2v) is 4.10. The predicted molar refractivity (Wildman–Crippen MR) is 63.5 cm³/mol. The summed E-state index contributed by atoms with van der Waals surface area (Å²) >= 11 is 0. The third-order valence-corrected chi connectivity index (χ3v) is 2.78. The smallest absolute Gasteiger partial charge is 0.0681 e. The molecule has 1 N–H and O–H groups in total. The third kappa shape index (κ3) is 3.65. The van der Waals surface area contributed by atoms with Crippen LogP contribution in [0.25, 0.3) is 0 Å². The van der Waals surface area contributed by atoms with Gasteiger partial charge in [-0.25, -0.2) is 0 Å². The minimum Gasteiger partial charge on any atom is -0.392 e. The molecule has 0 saturated heterocycles. The highest BCUT2D eigenvalue weighted by Crippen LogP contribution is 2.09. The van der Waals surface area contributed by atoms with Crippen LogP contribution in [0.4, 0.5) is 0 Å². The van der Waals surface area contributed by atoms with Gasteiger partial charge in [0.25, 0.3) is 0 Å². The molecule has 0 aliphatic heterocycles. The molecule has 0 heterocycles. The van der Waals surface area contributed by atoms with Crippen molar-refractivity contribution >= 4 is 0 Å². The van der Waals surface area contributed by atoms with Crippen LogP contribution in [0.2, 0.25) is 0 Å². The lowest BCUT2D eigenvalue weighted by Crippen LogP contribution is -2.28. The molecule has 3 heteroatoms. The van der Waals surface area contributed by atoms with Crippen molar-refractivity contribution in [3.63, 3.8) is 0 Å². The topological polar surface area (TPSA) is 47.3 Å². The van der Waals surface area contributed by atoms with Gasteiger partial charge in [-0.15, -0.1) is 0 Å². The van der Waals surface area contributed by atoms with Crippen LogP contribution in [0.3, 0.4) is 0 Å². The van der Waals surface area contributed by atoms with Gasteiger partial charge < -0.3 is 5.11 Å². The molecule has 0 radical (unpaired) electrons. The Labute approximate surface area is 96.9 Å². The summed E-state index contributed by atoms with van der Waals surface area (Å²) in [5.74, 6) is 0. The number of hydrogen-bond donors (Lipinski definition) is 1. The van der Waals surface area contributed by atoms with E-state index in [1.165, 1.54) is 5.56 Å². The molecular formula is C13H18N2O. The van der Waals surface area contributed by atoms with Crippen molar-refractivity contribution in [1.29, 1.82) is 5.26 Å². The molecule has 1 aromatic carbocycles. The summed E-state index contributed by atoms with van der Waals surface area (Å²) in [7, 11) is 2.02. The highest BCUT2D eigenvalue weighted by Gasteiger charge is 2.08. The Morgan fingerprint density at radius 1 is 1.31 bits per heavy atom. The summed E-state index contributed by atoms with van der Waals surface area (Å²) in [4.78, 5) is 2.15. The molecular weight excluding hydrogens is 200 g/mol. The molecule has 0 amide bonds. The molecule has 3 nitrogen and oxygen atoms in total. The summed E-state index contributed by atoms with van der Waals surface area (Å²) in [5, 5.41) is 17.5. The maximum atomic E-state index is 8.92. The predicted octanol–water partition coefficient (Wildman–Crippen LogP) is 1.91. The molecule has 0 spiro atoms. The van der Waals surface area contributed by atoms with Crippen molar-refractivity contribution in [3.8, 4) is 6.07 Å². The zero-order chi connectivity index (χ0) is 12.0. The van der Waals surface area contributed by atoms with Gasteiger partial charge in [-0.1, -0.05) is 24.3 Å². The highest BCUT2D eigenvalue weighted by atomic mass is 16.3. The van der Waals surface area contributed by atoms with Gasteiger partial charge >= 0.3 is 0 Å². The standard InChI is InChI=1S/C13H18N2O/c1-11(7-8-14)15(2)9-12-3-5-13(10-16)6-4-12/h3-6,11,16H,7,9-10H2,1-2H3. The quantitative estimate of drug-likeness (QED) is 0.821. The maximum Gasteiger partial charge on any atom is 0.0681 e. The van der Waals surface area contributed by atoms with Crippen molar-refractivity contribution in [1.82, 2.24) is 4.90 Å². The zero-order valence-corrected chi connectivity index (χ0v) is 9.85. The Morgan fingerprint density at radius 2 is 1.88 bits per heavy atom. The van der Waals surface area contributed by atoms with Gasteiger partial charge in [0.15, 0.2) is 0 Å². The minimum atomic E-state index is 0.0843. The Balaban J connectivity index is 2.56. The SMILES string of the molecule is CC(CC#N)N(C)Cc1ccc(CO)cc1. The number of benzene rings is 1. The average Bonchev–Trinajstić information content (AvgIpc) is 2.30. The van der Waals surface area contributed by atoms with E-state index in [1.807, 2.05) is 38.2 Å². The fraction of sp³-hybridized carbons (Fsp3) is 0.462. The van der Waals surface area contributed by atoms with E-state index in [2.05, 4.69) is 11.0 Å². The van der Waals surface area contributed by atoms with E-state index >= 15 is 0 Å². The first-order chi connectivity index (χ1) is 7.67. The van der Waals surface area contributed by atoms with Gasteiger partial charge in [-0.3, -0.25) is 4.90 Å². The summed E-state index contributed by atoms with van der Waals surface area (Å²) in [6.45, 7) is 2.96. The number of aliphatic hydroxyl groups is 1. The van der Waals surface area contributed by atoms with Crippen LogP contribution in [0.15, 0.2) is 24.3 Å². The molecule has 0 aliphatic carbocycles. The highest BCUT2D eigenvalue weighted by molar-refractivity contribution is 5.21. The summed E-state index contributed by atoms with van der Waals surface area (Å²) < 4.78 is 0. The molecule has 16 heavy (non-hydrogen) atoms. The van der Waals surface area contributed by atoms with Crippen LogP contribution < -0.4 is 0 Å². The van der Waals surface area contributed by atoms with Gasteiger partial charge in [0.05, 0.1) is 19.1 Å². The zero-order valence-electron chi connectivity index (χ0n) is 9.85. The number of aliphatic hydroxyl groups excluding tert-OH is 1. The fourth-order valence-corrected chi connectivity index (χ4v) is 1.48. The van der Waals surface area contributed by atoms with Gasteiger partial charge in [0, 0.05) is 12.6 Å². The lowest BCUT2D eigenvalue weighted by atomic mass is 10.1. The largest absolute Gasteiger partial charge is 0.392 e. The Kier molecular flexibility index (Phi) is 4.97. The first-order valence-electron chi connectivity index (χ1n) is 5.43. The van der Waals surface area contributed by atoms with Gasteiger partial charge in [0.2, 0.25) is 0 Å². The van der Waals surface area contributed by atoms with E-state index in [-0.39, 0.29) is 12.6 Å². The minimum absolute atomic E-state index is 0.0843. The van der Waals surface area contributed by atoms with Gasteiger partial charge in [0.1, 0.15) is 0 Å². The summed E-state index contributed by atoms with van der Waals surface area (Å²) in [6, 6.07) is 10.3. The molecule has 0 aromatic heterocycles. The molecule has 1 unspecified atom stereocenters. The monoisotopic (exact) mass is 218 g/mol. The molecule has 0 aliphatic rings. The van der Waals surface area contributed by atoms with E-state index in [1.54, 1.807) is 0 Å². The summed E-state index contributed by atoms with van der Waals surface area (Å²) in [6.07, 6.45) is 0.547. The number of rotatable bonds is 5. The molecule has 1 atom stereocenters. The summed E-state index contributed by atoms with van der Waals surface area (Å²) in [5.41, 5.74) is 2.13. The number of nitrogens with zero attached hydrogens (tertiary/aromatic N) is 2. The number of nitriles is 1. The van der Waals surface area contributed by atoms with Crippen molar-refractivity contribution in [2.75, 3.05) is 7.05 Å². The fourth-order valence-electron chi connectivity index (χ4n) is 1.48. The Morgan fingerprint density at radius 3 is 2.38 bits per heavy atom. The van der Waals surface area contributed by atoms with Crippen LogP contribution in [0, 0.1) is 11.3 Å². The van der Waals surface area contributed by atoms with Crippen molar-refractivity contribution < 1.29 is 5.11 Å². The van der Waals surface area contributed by atoms with Crippen LogP contribution >= 0.6 is 0 Å². The average molecular weight is 218 g/mol.